The van der Waals surface area contributed by atoms with Gasteiger partial charge in [-0.2, -0.15) is 0 Å². The molecular formula is C25H21Cl2N3O4. The molecule has 1 unspecified atom stereocenters. The third-order valence-electron chi connectivity index (χ3n) is 6.68. The minimum Gasteiger partial charge on any atom is -0.466 e. The number of amides is 1. The highest BCUT2D eigenvalue weighted by Gasteiger charge is 2.62. The number of halogens is 2. The number of nitrogens with one attached hydrogen (secondary N) is 1. The molecule has 0 aromatic heterocycles. The number of benzene rings is 2. The SMILES string of the molecule is COC(=O)C1=C(N)N(c2ccc(C)c(Cl)c2)C2=C(C(=O)CCC2)C12C(=O)Nc1ccc(Cl)cc12. The molecule has 3 N–H and O–H groups in total. The first-order valence-corrected chi connectivity index (χ1v) is 11.5. The van der Waals surface area contributed by atoms with Crippen LogP contribution in [0.15, 0.2) is 59.1 Å². The zero-order chi connectivity index (χ0) is 24.4. The third kappa shape index (κ3) is 2.93. The Hall–Kier alpha value is -3.29. The fourth-order valence-corrected chi connectivity index (χ4v) is 5.54. The number of ether oxygens (including phenoxy) is 1. The molecule has 0 saturated heterocycles. The van der Waals surface area contributed by atoms with Gasteiger partial charge in [-0.15, -0.1) is 0 Å². The van der Waals surface area contributed by atoms with Gasteiger partial charge in [0, 0.05) is 44.7 Å². The van der Waals surface area contributed by atoms with Gasteiger partial charge in [0.05, 0.1) is 7.11 Å². The largest absolute Gasteiger partial charge is 0.466 e. The summed E-state index contributed by atoms with van der Waals surface area (Å²) in [6, 6.07) is 10.2. The fraction of sp³-hybridized carbons (Fsp3) is 0.240. The van der Waals surface area contributed by atoms with E-state index in [9.17, 15) is 14.4 Å². The number of aryl methyl sites for hydroxylation is 1. The number of anilines is 2. The number of hydrogen-bond donors (Lipinski definition) is 2. The highest BCUT2D eigenvalue weighted by atomic mass is 35.5. The van der Waals surface area contributed by atoms with Crippen molar-refractivity contribution in [1.29, 1.82) is 0 Å². The Morgan fingerprint density at radius 1 is 1.15 bits per heavy atom. The minimum atomic E-state index is -1.77. The van der Waals surface area contributed by atoms with Crippen molar-refractivity contribution < 1.29 is 19.1 Å². The molecule has 3 aliphatic rings. The van der Waals surface area contributed by atoms with Crippen molar-refractivity contribution in [2.75, 3.05) is 17.3 Å². The number of nitrogens with two attached hydrogens (primary N) is 1. The second-order valence-corrected chi connectivity index (χ2v) is 9.36. The summed E-state index contributed by atoms with van der Waals surface area (Å²) in [4.78, 5) is 42.3. The topological polar surface area (TPSA) is 102 Å². The van der Waals surface area contributed by atoms with Crippen LogP contribution in [0.25, 0.3) is 0 Å². The van der Waals surface area contributed by atoms with Gasteiger partial charge >= 0.3 is 5.97 Å². The van der Waals surface area contributed by atoms with Crippen LogP contribution in [0.5, 0.6) is 0 Å². The number of esters is 1. The summed E-state index contributed by atoms with van der Waals surface area (Å²) >= 11 is 12.7. The number of carbonyl (C=O) groups excluding carboxylic acids is 3. The van der Waals surface area contributed by atoms with Gasteiger partial charge in [-0.05, 0) is 55.7 Å². The van der Waals surface area contributed by atoms with Crippen LogP contribution in [-0.4, -0.2) is 24.8 Å². The summed E-state index contributed by atoms with van der Waals surface area (Å²) in [6.45, 7) is 1.87. The van der Waals surface area contributed by atoms with E-state index >= 15 is 0 Å². The van der Waals surface area contributed by atoms with Gasteiger partial charge in [-0.1, -0.05) is 29.3 Å². The van der Waals surface area contributed by atoms with Crippen molar-refractivity contribution in [3.05, 3.63) is 80.2 Å². The first-order chi connectivity index (χ1) is 16.2. The maximum absolute atomic E-state index is 13.8. The quantitative estimate of drug-likeness (QED) is 0.597. The van der Waals surface area contributed by atoms with Gasteiger partial charge in [0.2, 0.25) is 5.91 Å². The third-order valence-corrected chi connectivity index (χ3v) is 7.32. The predicted molar refractivity (Wildman–Crippen MR) is 130 cm³/mol. The lowest BCUT2D eigenvalue weighted by Gasteiger charge is -2.44. The molecule has 5 rings (SSSR count). The van der Waals surface area contributed by atoms with Crippen LogP contribution in [-0.2, 0) is 24.5 Å². The Labute approximate surface area is 206 Å². The molecule has 2 aromatic carbocycles. The van der Waals surface area contributed by atoms with Crippen LogP contribution in [0.4, 0.5) is 11.4 Å². The molecule has 1 atom stereocenters. The molecule has 7 nitrogen and oxygen atoms in total. The van der Waals surface area contributed by atoms with E-state index < -0.39 is 17.3 Å². The summed E-state index contributed by atoms with van der Waals surface area (Å²) in [5.74, 6) is -1.59. The van der Waals surface area contributed by atoms with Gasteiger partial charge in [-0.25, -0.2) is 4.79 Å². The molecule has 2 heterocycles. The summed E-state index contributed by atoms with van der Waals surface area (Å²) in [5.41, 5.74) is 7.87. The van der Waals surface area contributed by atoms with E-state index in [1.807, 2.05) is 19.1 Å². The van der Waals surface area contributed by atoms with E-state index in [2.05, 4.69) is 5.32 Å². The summed E-state index contributed by atoms with van der Waals surface area (Å²) < 4.78 is 5.11. The van der Waals surface area contributed by atoms with E-state index in [1.165, 1.54) is 7.11 Å². The minimum absolute atomic E-state index is 0.00296. The Bertz CT molecular complexity index is 1360. The first-order valence-electron chi connectivity index (χ1n) is 10.7. The van der Waals surface area contributed by atoms with Crippen molar-refractivity contribution in [1.82, 2.24) is 0 Å². The lowest BCUT2D eigenvalue weighted by molar-refractivity contribution is -0.138. The molecular weight excluding hydrogens is 477 g/mol. The summed E-state index contributed by atoms with van der Waals surface area (Å²) in [7, 11) is 1.21. The predicted octanol–water partition coefficient (Wildman–Crippen LogP) is 4.36. The van der Waals surface area contributed by atoms with E-state index in [0.29, 0.717) is 45.5 Å². The van der Waals surface area contributed by atoms with Crippen LogP contribution < -0.4 is 16.0 Å². The van der Waals surface area contributed by atoms with Gasteiger partial charge in [0.25, 0.3) is 0 Å². The van der Waals surface area contributed by atoms with E-state index in [1.54, 1.807) is 29.2 Å². The number of ketones is 1. The summed E-state index contributed by atoms with van der Waals surface area (Å²) in [5, 5.41) is 3.68. The molecule has 2 aromatic rings. The normalized spacial score (nSPS) is 21.6. The van der Waals surface area contributed by atoms with Crippen LogP contribution >= 0.6 is 23.2 Å². The number of fused-ring (bicyclic) bond motifs is 3. The number of rotatable bonds is 2. The van der Waals surface area contributed by atoms with Crippen molar-refractivity contribution in [2.24, 2.45) is 5.73 Å². The van der Waals surface area contributed by atoms with Gasteiger partial charge in [0.1, 0.15) is 16.8 Å². The second-order valence-electron chi connectivity index (χ2n) is 8.51. The Morgan fingerprint density at radius 3 is 2.62 bits per heavy atom. The first kappa shape index (κ1) is 22.5. The fourth-order valence-electron chi connectivity index (χ4n) is 5.20. The molecule has 0 saturated carbocycles. The number of nitrogens with zero attached hydrogens (tertiary/aromatic N) is 1. The standard InChI is InChI=1S/C25H21Cl2N3O4/c1-12-6-8-14(11-16(12)27)30-18-4-3-5-19(31)20(18)25(21(22(30)28)23(32)34-2)15-10-13(26)7-9-17(15)29-24(25)33/h6-11H,3-5,28H2,1-2H3,(H,29,33). The summed E-state index contributed by atoms with van der Waals surface area (Å²) in [6.07, 6.45) is 1.29. The van der Waals surface area contributed by atoms with Crippen molar-refractivity contribution in [3.8, 4) is 0 Å². The van der Waals surface area contributed by atoms with Gasteiger partial charge < -0.3 is 15.8 Å². The average Bonchev–Trinajstić information content (AvgIpc) is 3.07. The molecule has 9 heteroatoms. The molecule has 0 fully saturated rings. The zero-order valence-corrected chi connectivity index (χ0v) is 20.0. The van der Waals surface area contributed by atoms with Crippen molar-refractivity contribution >= 4 is 52.2 Å². The molecule has 1 spiro atoms. The van der Waals surface area contributed by atoms with Gasteiger partial charge in [0.15, 0.2) is 5.78 Å². The highest BCUT2D eigenvalue weighted by Crippen LogP contribution is 2.56. The van der Waals surface area contributed by atoms with Gasteiger partial charge in [-0.3, -0.25) is 14.5 Å². The Kier molecular flexibility index (Phi) is 5.22. The molecule has 2 aliphatic heterocycles. The number of carbonyl (C=O) groups is 3. The molecule has 1 amide bonds. The van der Waals surface area contributed by atoms with Crippen LogP contribution in [0.3, 0.4) is 0 Å². The van der Waals surface area contributed by atoms with Crippen molar-refractivity contribution in [2.45, 2.75) is 31.6 Å². The lowest BCUT2D eigenvalue weighted by Crippen LogP contribution is -2.53. The maximum atomic E-state index is 13.8. The second kappa shape index (κ2) is 7.89. The lowest BCUT2D eigenvalue weighted by atomic mass is 9.63. The Morgan fingerprint density at radius 2 is 1.91 bits per heavy atom. The number of methoxy groups -OCH3 is 1. The van der Waals surface area contributed by atoms with E-state index in [0.717, 1.165) is 5.56 Å². The van der Waals surface area contributed by atoms with Crippen molar-refractivity contribution in [3.63, 3.8) is 0 Å². The molecule has 1 aliphatic carbocycles. The van der Waals surface area contributed by atoms with E-state index in [4.69, 9.17) is 33.7 Å². The van der Waals surface area contributed by atoms with Crippen LogP contribution in [0.1, 0.15) is 30.4 Å². The number of hydrogen-bond acceptors (Lipinski definition) is 6. The van der Waals surface area contributed by atoms with E-state index in [-0.39, 0.29) is 29.2 Å². The monoisotopic (exact) mass is 497 g/mol. The number of allylic oxidation sites excluding steroid dienone is 1. The maximum Gasteiger partial charge on any atom is 0.339 e. The Balaban J connectivity index is 1.91. The molecule has 0 bridgehead atoms. The molecule has 174 valence electrons. The average molecular weight is 498 g/mol. The van der Waals surface area contributed by atoms with Crippen LogP contribution in [0, 0.1) is 6.92 Å². The number of Topliss-reactive ketones (excluding diaryl/α,β-unsaturated/α-hetero) is 1. The molecule has 34 heavy (non-hydrogen) atoms. The smallest absolute Gasteiger partial charge is 0.339 e. The highest BCUT2D eigenvalue weighted by molar-refractivity contribution is 6.32. The zero-order valence-electron chi connectivity index (χ0n) is 18.5. The van der Waals surface area contributed by atoms with Crippen LogP contribution in [0.2, 0.25) is 10.0 Å². The molecule has 0 radical (unpaired) electrons.